The van der Waals surface area contributed by atoms with Crippen LogP contribution >= 0.6 is 0 Å². The third kappa shape index (κ3) is 2.19. The summed E-state index contributed by atoms with van der Waals surface area (Å²) >= 11 is 0. The van der Waals surface area contributed by atoms with Crippen molar-refractivity contribution in [3.63, 3.8) is 0 Å². The highest BCUT2D eigenvalue weighted by Crippen LogP contribution is 2.33. The number of nitrogens with one attached hydrogen (secondary N) is 1. The van der Waals surface area contributed by atoms with Gasteiger partial charge < -0.3 is 5.32 Å². The Morgan fingerprint density at radius 2 is 1.61 bits per heavy atom. The van der Waals surface area contributed by atoms with Gasteiger partial charge in [-0.25, -0.2) is 0 Å². The van der Waals surface area contributed by atoms with Crippen molar-refractivity contribution in [3.05, 3.63) is 34.9 Å². The van der Waals surface area contributed by atoms with Crippen LogP contribution in [0.15, 0.2) is 18.2 Å². The molecule has 0 bridgehead atoms. The number of likely N-dealkylation sites (tertiary alicyclic amines) is 1. The standard InChI is InChI=1S/C16H24N2/c1-11-4-12(2)6-14(5-11)13(3)18-9-15-7-17-8-16(15)10-18/h4-6,13,15-17H,7-10H2,1-3H3/t13?,15-,16+. The van der Waals surface area contributed by atoms with E-state index >= 15 is 0 Å². The summed E-state index contributed by atoms with van der Waals surface area (Å²) in [5.41, 5.74) is 4.26. The summed E-state index contributed by atoms with van der Waals surface area (Å²) in [7, 11) is 0. The molecule has 0 aromatic heterocycles. The smallest absolute Gasteiger partial charge is 0.0320 e. The Morgan fingerprint density at radius 1 is 1.06 bits per heavy atom. The molecule has 1 N–H and O–H groups in total. The quantitative estimate of drug-likeness (QED) is 0.860. The van der Waals surface area contributed by atoms with Crippen molar-refractivity contribution >= 4 is 0 Å². The maximum absolute atomic E-state index is 3.52. The van der Waals surface area contributed by atoms with Crippen molar-refractivity contribution in [3.8, 4) is 0 Å². The number of aryl methyl sites for hydroxylation is 2. The Kier molecular flexibility index (Phi) is 3.16. The molecule has 2 saturated heterocycles. The van der Waals surface area contributed by atoms with Crippen molar-refractivity contribution in [2.75, 3.05) is 26.2 Å². The summed E-state index contributed by atoms with van der Waals surface area (Å²) in [5, 5.41) is 3.52. The first kappa shape index (κ1) is 12.2. The van der Waals surface area contributed by atoms with Crippen molar-refractivity contribution in [2.24, 2.45) is 11.8 Å². The Hall–Kier alpha value is -0.860. The number of benzene rings is 1. The normalized spacial score (nSPS) is 29.5. The van der Waals surface area contributed by atoms with Gasteiger partial charge in [-0.05, 0) is 51.3 Å². The maximum Gasteiger partial charge on any atom is 0.0320 e. The largest absolute Gasteiger partial charge is 0.316 e. The molecule has 2 aliphatic heterocycles. The van der Waals surface area contributed by atoms with Crippen LogP contribution in [-0.4, -0.2) is 31.1 Å². The molecule has 3 atom stereocenters. The van der Waals surface area contributed by atoms with Gasteiger partial charge in [-0.3, -0.25) is 4.90 Å². The van der Waals surface area contributed by atoms with Crippen LogP contribution in [0, 0.1) is 25.7 Å². The summed E-state index contributed by atoms with van der Waals surface area (Å²) in [6, 6.07) is 7.53. The Bertz CT molecular complexity index is 408. The van der Waals surface area contributed by atoms with Crippen LogP contribution in [0.5, 0.6) is 0 Å². The Balaban J connectivity index is 1.76. The first-order chi connectivity index (χ1) is 8.63. The van der Waals surface area contributed by atoms with E-state index in [0.29, 0.717) is 6.04 Å². The second-order valence-corrected chi connectivity index (χ2v) is 6.23. The lowest BCUT2D eigenvalue weighted by Crippen LogP contribution is -2.28. The molecule has 1 aromatic carbocycles. The van der Waals surface area contributed by atoms with E-state index in [4.69, 9.17) is 0 Å². The maximum atomic E-state index is 3.52. The zero-order chi connectivity index (χ0) is 12.7. The highest BCUT2D eigenvalue weighted by atomic mass is 15.2. The summed E-state index contributed by atoms with van der Waals surface area (Å²) < 4.78 is 0. The van der Waals surface area contributed by atoms with Crippen molar-refractivity contribution in [1.82, 2.24) is 10.2 Å². The molecule has 3 rings (SSSR count). The van der Waals surface area contributed by atoms with Gasteiger partial charge in [-0.1, -0.05) is 29.3 Å². The summed E-state index contributed by atoms with van der Waals surface area (Å²) in [5.74, 6) is 1.77. The van der Waals surface area contributed by atoms with E-state index in [9.17, 15) is 0 Å². The van der Waals surface area contributed by atoms with E-state index in [2.05, 4.69) is 49.2 Å². The van der Waals surface area contributed by atoms with Crippen molar-refractivity contribution in [2.45, 2.75) is 26.8 Å². The van der Waals surface area contributed by atoms with Crippen molar-refractivity contribution < 1.29 is 0 Å². The molecule has 2 heteroatoms. The number of hydrogen-bond donors (Lipinski definition) is 1. The number of nitrogens with zero attached hydrogens (tertiary/aromatic N) is 1. The zero-order valence-corrected chi connectivity index (χ0v) is 11.7. The van der Waals surface area contributed by atoms with Crippen LogP contribution in [0.1, 0.15) is 29.7 Å². The first-order valence-electron chi connectivity index (χ1n) is 7.16. The lowest BCUT2D eigenvalue weighted by Gasteiger charge is -2.26. The van der Waals surface area contributed by atoms with E-state index < -0.39 is 0 Å². The summed E-state index contributed by atoms with van der Waals surface area (Å²) in [6.07, 6.45) is 0. The monoisotopic (exact) mass is 244 g/mol. The third-order valence-corrected chi connectivity index (χ3v) is 4.69. The van der Waals surface area contributed by atoms with Crippen molar-refractivity contribution in [1.29, 1.82) is 0 Å². The van der Waals surface area contributed by atoms with E-state index in [-0.39, 0.29) is 0 Å². The SMILES string of the molecule is Cc1cc(C)cc(C(C)N2C[C@H]3CNC[C@H]3C2)c1. The molecule has 18 heavy (non-hydrogen) atoms. The molecule has 0 spiro atoms. The second-order valence-electron chi connectivity index (χ2n) is 6.23. The molecule has 0 amide bonds. The molecular formula is C16H24N2. The molecule has 2 nitrogen and oxygen atoms in total. The van der Waals surface area contributed by atoms with Gasteiger partial charge in [0.15, 0.2) is 0 Å². The fraction of sp³-hybridized carbons (Fsp3) is 0.625. The molecular weight excluding hydrogens is 220 g/mol. The summed E-state index contributed by atoms with van der Waals surface area (Å²) in [6.45, 7) is 11.7. The highest BCUT2D eigenvalue weighted by Gasteiger charge is 2.37. The molecule has 0 radical (unpaired) electrons. The number of hydrogen-bond acceptors (Lipinski definition) is 2. The lowest BCUT2D eigenvalue weighted by atomic mass is 10.0. The highest BCUT2D eigenvalue weighted by molar-refractivity contribution is 5.30. The molecule has 2 heterocycles. The predicted molar refractivity (Wildman–Crippen MR) is 75.8 cm³/mol. The average molecular weight is 244 g/mol. The van der Waals surface area contributed by atoms with Gasteiger partial charge in [-0.2, -0.15) is 0 Å². The zero-order valence-electron chi connectivity index (χ0n) is 11.7. The number of rotatable bonds is 2. The lowest BCUT2D eigenvalue weighted by molar-refractivity contribution is 0.244. The van der Waals surface area contributed by atoms with Crippen LogP contribution in [-0.2, 0) is 0 Å². The topological polar surface area (TPSA) is 15.3 Å². The van der Waals surface area contributed by atoms with Crippen LogP contribution < -0.4 is 5.32 Å². The van der Waals surface area contributed by atoms with E-state index in [1.165, 1.54) is 42.9 Å². The fourth-order valence-corrected chi connectivity index (χ4v) is 3.67. The van der Waals surface area contributed by atoms with Gasteiger partial charge in [-0.15, -0.1) is 0 Å². The minimum absolute atomic E-state index is 0.564. The Labute approximate surface area is 110 Å². The minimum Gasteiger partial charge on any atom is -0.316 e. The molecule has 98 valence electrons. The third-order valence-electron chi connectivity index (χ3n) is 4.69. The van der Waals surface area contributed by atoms with Gasteiger partial charge in [0.05, 0.1) is 0 Å². The van der Waals surface area contributed by atoms with Gasteiger partial charge in [0, 0.05) is 19.1 Å². The predicted octanol–water partition coefficient (Wildman–Crippen LogP) is 2.52. The van der Waals surface area contributed by atoms with Crippen LogP contribution in [0.4, 0.5) is 0 Å². The fourth-order valence-electron chi connectivity index (χ4n) is 3.67. The van der Waals surface area contributed by atoms with Crippen LogP contribution in [0.25, 0.3) is 0 Å². The van der Waals surface area contributed by atoms with Gasteiger partial charge in [0.25, 0.3) is 0 Å². The molecule has 0 saturated carbocycles. The van der Waals surface area contributed by atoms with Gasteiger partial charge in [0.2, 0.25) is 0 Å². The van der Waals surface area contributed by atoms with E-state index in [0.717, 1.165) is 11.8 Å². The average Bonchev–Trinajstić information content (AvgIpc) is 2.86. The van der Waals surface area contributed by atoms with Gasteiger partial charge >= 0.3 is 0 Å². The second kappa shape index (κ2) is 4.67. The van der Waals surface area contributed by atoms with E-state index in [1.54, 1.807) is 0 Å². The van der Waals surface area contributed by atoms with Crippen LogP contribution in [0.3, 0.4) is 0 Å². The molecule has 1 aromatic rings. The van der Waals surface area contributed by atoms with Gasteiger partial charge in [0.1, 0.15) is 0 Å². The Morgan fingerprint density at radius 3 is 2.17 bits per heavy atom. The minimum atomic E-state index is 0.564. The van der Waals surface area contributed by atoms with E-state index in [1.807, 2.05) is 0 Å². The molecule has 2 fully saturated rings. The van der Waals surface area contributed by atoms with Crippen LogP contribution in [0.2, 0.25) is 0 Å². The molecule has 1 unspecified atom stereocenters. The molecule has 0 aliphatic carbocycles. The molecule has 2 aliphatic rings. The summed E-state index contributed by atoms with van der Waals surface area (Å²) in [4.78, 5) is 2.67. The number of fused-ring (bicyclic) bond motifs is 1. The first-order valence-corrected chi connectivity index (χ1v) is 7.16.